The quantitative estimate of drug-likeness (QED) is 0.520. The molecule has 1 aromatic rings. The van der Waals surface area contributed by atoms with E-state index in [1.165, 1.54) is 0 Å². The average Bonchev–Trinajstić information content (AvgIpc) is 1.94. The largest absolute Gasteiger partial charge is 0.446 e. The van der Waals surface area contributed by atoms with Crippen LogP contribution in [0.25, 0.3) is 0 Å². The molecule has 0 unspecified atom stereocenters. The zero-order valence-corrected chi connectivity index (χ0v) is 7.53. The molecule has 0 atom stereocenters. The van der Waals surface area contributed by atoms with Gasteiger partial charge in [0.25, 0.3) is 0 Å². The van der Waals surface area contributed by atoms with Crippen LogP contribution in [-0.2, 0) is 0 Å². The van der Waals surface area contributed by atoms with Crippen LogP contribution in [0.1, 0.15) is 0 Å². The minimum absolute atomic E-state index is 0.244. The third-order valence-electron chi connectivity index (χ3n) is 1.05. The molecule has 13 heavy (non-hydrogen) atoms. The maximum Gasteiger partial charge on any atom is 0.446 e. The molecule has 0 aromatic heterocycles. The zero-order chi connectivity index (χ0) is 10.1. The zero-order valence-electron chi connectivity index (χ0n) is 5.95. The van der Waals surface area contributed by atoms with Crippen molar-refractivity contribution in [2.45, 2.75) is 10.4 Å². The SMILES string of the molecule is Fc1cc(SC(F)(F)F)[c]cc1Cl. The highest BCUT2D eigenvalue weighted by Crippen LogP contribution is 2.37. The van der Waals surface area contributed by atoms with Gasteiger partial charge in [-0.05, 0) is 30.0 Å². The highest BCUT2D eigenvalue weighted by molar-refractivity contribution is 8.00. The molecule has 0 N–H and O–H groups in total. The first kappa shape index (κ1) is 10.7. The summed E-state index contributed by atoms with van der Waals surface area (Å²) in [6.45, 7) is 0. The van der Waals surface area contributed by atoms with Crippen molar-refractivity contribution < 1.29 is 17.6 Å². The monoisotopic (exact) mass is 229 g/mol. The minimum Gasteiger partial charge on any atom is -0.205 e. The van der Waals surface area contributed by atoms with E-state index in [-0.39, 0.29) is 9.92 Å². The van der Waals surface area contributed by atoms with Gasteiger partial charge in [0.2, 0.25) is 0 Å². The number of benzene rings is 1. The van der Waals surface area contributed by atoms with E-state index in [1.54, 1.807) is 0 Å². The van der Waals surface area contributed by atoms with E-state index in [2.05, 4.69) is 6.07 Å². The van der Waals surface area contributed by atoms with Gasteiger partial charge in [0.1, 0.15) is 5.82 Å². The highest BCUT2D eigenvalue weighted by atomic mass is 35.5. The highest BCUT2D eigenvalue weighted by Gasteiger charge is 2.29. The molecular formula is C7H2ClF4S. The molecular weight excluding hydrogens is 228 g/mol. The second kappa shape index (κ2) is 3.75. The maximum absolute atomic E-state index is 12.6. The molecule has 1 rings (SSSR count). The number of hydrogen-bond donors (Lipinski definition) is 0. The van der Waals surface area contributed by atoms with Crippen LogP contribution in [0, 0.1) is 11.9 Å². The molecule has 0 aliphatic carbocycles. The summed E-state index contributed by atoms with van der Waals surface area (Å²) in [5.74, 6) is -0.882. The Labute approximate surface area is 80.9 Å². The summed E-state index contributed by atoms with van der Waals surface area (Å²) in [6.07, 6.45) is 0. The second-order valence-electron chi connectivity index (χ2n) is 2.04. The maximum atomic E-state index is 12.6. The Kier molecular flexibility index (Phi) is 3.08. The molecule has 0 bridgehead atoms. The first-order chi connectivity index (χ1) is 5.88. The van der Waals surface area contributed by atoms with Crippen LogP contribution >= 0.6 is 23.4 Å². The molecule has 0 fully saturated rings. The molecule has 1 aromatic carbocycles. The van der Waals surface area contributed by atoms with Crippen LogP contribution in [0.5, 0.6) is 0 Å². The number of rotatable bonds is 1. The van der Waals surface area contributed by atoms with Gasteiger partial charge in [-0.25, -0.2) is 4.39 Å². The number of thioether (sulfide) groups is 1. The molecule has 0 aliphatic heterocycles. The van der Waals surface area contributed by atoms with Gasteiger partial charge in [0.15, 0.2) is 0 Å². The van der Waals surface area contributed by atoms with E-state index in [0.717, 1.165) is 6.07 Å². The normalized spacial score (nSPS) is 11.8. The van der Waals surface area contributed by atoms with E-state index in [1.807, 2.05) is 0 Å². The summed E-state index contributed by atoms with van der Waals surface area (Å²) >= 11 is 4.82. The topological polar surface area (TPSA) is 0 Å². The number of halogens is 5. The van der Waals surface area contributed by atoms with Crippen LogP contribution in [0.4, 0.5) is 17.6 Å². The second-order valence-corrected chi connectivity index (χ2v) is 3.56. The molecule has 0 spiro atoms. The Bertz CT molecular complexity index is 310. The van der Waals surface area contributed by atoms with Crippen molar-refractivity contribution in [3.63, 3.8) is 0 Å². The average molecular weight is 230 g/mol. The summed E-state index contributed by atoms with van der Waals surface area (Å²) in [7, 11) is 0. The van der Waals surface area contributed by atoms with E-state index >= 15 is 0 Å². The molecule has 6 heteroatoms. The van der Waals surface area contributed by atoms with Gasteiger partial charge in [-0.2, -0.15) is 13.2 Å². The van der Waals surface area contributed by atoms with Gasteiger partial charge in [-0.15, -0.1) is 0 Å². The third-order valence-corrected chi connectivity index (χ3v) is 2.03. The third kappa shape index (κ3) is 3.44. The molecule has 71 valence electrons. The van der Waals surface area contributed by atoms with Gasteiger partial charge in [0, 0.05) is 4.90 Å². The summed E-state index contributed by atoms with van der Waals surface area (Å²) in [4.78, 5) is -0.339. The molecule has 0 saturated carbocycles. The first-order valence-electron chi connectivity index (χ1n) is 3.01. The smallest absolute Gasteiger partial charge is 0.205 e. The van der Waals surface area contributed by atoms with Crippen molar-refractivity contribution in [1.82, 2.24) is 0 Å². The van der Waals surface area contributed by atoms with Gasteiger partial charge in [-0.1, -0.05) is 11.6 Å². The fraction of sp³-hybridized carbons (Fsp3) is 0.143. The van der Waals surface area contributed by atoms with Crippen molar-refractivity contribution >= 4 is 23.4 Å². The Balaban J connectivity index is 2.86. The van der Waals surface area contributed by atoms with Crippen molar-refractivity contribution in [2.75, 3.05) is 0 Å². The van der Waals surface area contributed by atoms with Crippen LogP contribution < -0.4 is 0 Å². The molecule has 1 radical (unpaired) electrons. The number of hydrogen-bond acceptors (Lipinski definition) is 1. The fourth-order valence-corrected chi connectivity index (χ4v) is 1.25. The van der Waals surface area contributed by atoms with Crippen molar-refractivity contribution in [3.8, 4) is 0 Å². The van der Waals surface area contributed by atoms with Crippen LogP contribution in [0.3, 0.4) is 0 Å². The standard InChI is InChI=1S/C7H2ClF4S/c8-5-2-1-4(3-6(5)9)13-7(10,11)12/h2-3H. The summed E-state index contributed by atoms with van der Waals surface area (Å²) in [5, 5.41) is -0.244. The van der Waals surface area contributed by atoms with Crippen molar-refractivity contribution in [1.29, 1.82) is 0 Å². The van der Waals surface area contributed by atoms with Crippen LogP contribution in [-0.4, -0.2) is 5.51 Å². The Morgan fingerprint density at radius 3 is 2.46 bits per heavy atom. The van der Waals surface area contributed by atoms with Gasteiger partial charge >= 0.3 is 5.51 Å². The lowest BCUT2D eigenvalue weighted by atomic mass is 10.3. The first-order valence-corrected chi connectivity index (χ1v) is 4.20. The predicted octanol–water partition coefficient (Wildman–Crippen LogP) is 3.89. The van der Waals surface area contributed by atoms with Crippen molar-refractivity contribution in [3.05, 3.63) is 29.0 Å². The Morgan fingerprint density at radius 2 is 2.00 bits per heavy atom. The van der Waals surface area contributed by atoms with Crippen molar-refractivity contribution in [2.24, 2.45) is 0 Å². The van der Waals surface area contributed by atoms with Crippen LogP contribution in [0.15, 0.2) is 17.0 Å². The summed E-state index contributed by atoms with van der Waals surface area (Å²) in [5.41, 5.74) is -4.43. The lowest BCUT2D eigenvalue weighted by Gasteiger charge is -2.04. The van der Waals surface area contributed by atoms with E-state index < -0.39 is 23.1 Å². The summed E-state index contributed by atoms with van der Waals surface area (Å²) < 4.78 is 47.9. The lowest BCUT2D eigenvalue weighted by Crippen LogP contribution is -1.99. The van der Waals surface area contributed by atoms with E-state index in [0.29, 0.717) is 6.07 Å². The molecule has 0 aliphatic rings. The van der Waals surface area contributed by atoms with Gasteiger partial charge in [0.05, 0.1) is 5.02 Å². The predicted molar refractivity (Wildman–Crippen MR) is 42.2 cm³/mol. The van der Waals surface area contributed by atoms with Crippen LogP contribution in [0.2, 0.25) is 5.02 Å². The fourth-order valence-electron chi connectivity index (χ4n) is 0.613. The Morgan fingerprint density at radius 1 is 1.38 bits per heavy atom. The van der Waals surface area contributed by atoms with Gasteiger partial charge < -0.3 is 0 Å². The van der Waals surface area contributed by atoms with E-state index in [4.69, 9.17) is 11.6 Å². The summed E-state index contributed by atoms with van der Waals surface area (Å²) in [6, 6.07) is 3.86. The molecule has 0 nitrogen and oxygen atoms in total. The Hall–Kier alpha value is -0.420. The molecule has 0 heterocycles. The molecule has 0 amide bonds. The lowest BCUT2D eigenvalue weighted by molar-refractivity contribution is -0.0328. The molecule has 0 saturated heterocycles. The number of alkyl halides is 3. The van der Waals surface area contributed by atoms with E-state index in [9.17, 15) is 17.6 Å². The van der Waals surface area contributed by atoms with Gasteiger partial charge in [-0.3, -0.25) is 0 Å². The minimum atomic E-state index is -4.43.